The minimum Gasteiger partial charge on any atom is -0.497 e. The Morgan fingerprint density at radius 1 is 1.00 bits per heavy atom. The molecule has 1 aliphatic heterocycles. The van der Waals surface area contributed by atoms with Crippen molar-refractivity contribution >= 4 is 40.5 Å². The number of hydrogen-bond donors (Lipinski definition) is 1. The van der Waals surface area contributed by atoms with Gasteiger partial charge in [-0.25, -0.2) is 9.69 Å². The van der Waals surface area contributed by atoms with Crippen LogP contribution in [0.3, 0.4) is 0 Å². The molecule has 0 saturated carbocycles. The third-order valence-corrected chi connectivity index (χ3v) is 4.69. The van der Waals surface area contributed by atoms with Gasteiger partial charge in [0.2, 0.25) is 0 Å². The van der Waals surface area contributed by atoms with Gasteiger partial charge in [0.05, 0.1) is 12.8 Å². The maximum absolute atomic E-state index is 13.0. The van der Waals surface area contributed by atoms with Gasteiger partial charge in [-0.05, 0) is 30.3 Å². The second-order valence-corrected chi connectivity index (χ2v) is 6.35. The minimum atomic E-state index is -0.794. The van der Waals surface area contributed by atoms with Crippen LogP contribution < -0.4 is 15.0 Å². The van der Waals surface area contributed by atoms with E-state index in [9.17, 15) is 14.4 Å². The number of imide groups is 2. The van der Waals surface area contributed by atoms with E-state index in [1.807, 2.05) is 41.9 Å². The van der Waals surface area contributed by atoms with Crippen LogP contribution >= 0.6 is 0 Å². The summed E-state index contributed by atoms with van der Waals surface area (Å²) in [5.41, 5.74) is 1.85. The Labute approximate surface area is 160 Å². The second kappa shape index (κ2) is 6.70. The Balaban J connectivity index is 1.78. The van der Waals surface area contributed by atoms with Gasteiger partial charge in [0, 0.05) is 29.7 Å². The van der Waals surface area contributed by atoms with E-state index in [-0.39, 0.29) is 5.57 Å². The number of carbonyl (C=O) groups is 3. The first-order chi connectivity index (χ1) is 13.5. The van der Waals surface area contributed by atoms with E-state index in [2.05, 4.69) is 5.32 Å². The number of methoxy groups -OCH3 is 1. The van der Waals surface area contributed by atoms with Gasteiger partial charge in [0.1, 0.15) is 11.3 Å². The van der Waals surface area contributed by atoms with Gasteiger partial charge in [0.25, 0.3) is 11.8 Å². The van der Waals surface area contributed by atoms with Crippen LogP contribution in [0.1, 0.15) is 5.69 Å². The van der Waals surface area contributed by atoms with E-state index in [1.165, 1.54) is 13.2 Å². The van der Waals surface area contributed by atoms with E-state index in [1.54, 1.807) is 24.3 Å². The number of benzene rings is 2. The average Bonchev–Trinajstić information content (AvgIpc) is 3.01. The first-order valence-corrected chi connectivity index (χ1v) is 8.59. The lowest BCUT2D eigenvalue weighted by Gasteiger charge is -2.26. The lowest BCUT2D eigenvalue weighted by molar-refractivity contribution is -0.122. The summed E-state index contributed by atoms with van der Waals surface area (Å²) in [6.07, 6.45) is 1.50. The predicted octanol–water partition coefficient (Wildman–Crippen LogP) is 2.85. The third-order valence-electron chi connectivity index (χ3n) is 4.69. The van der Waals surface area contributed by atoms with Crippen LogP contribution in [-0.2, 0) is 16.6 Å². The lowest BCUT2D eigenvalue weighted by Crippen LogP contribution is -2.54. The van der Waals surface area contributed by atoms with Gasteiger partial charge in [0.15, 0.2) is 0 Å². The van der Waals surface area contributed by atoms with Crippen molar-refractivity contribution in [1.29, 1.82) is 0 Å². The summed E-state index contributed by atoms with van der Waals surface area (Å²) in [6.45, 7) is 0. The highest BCUT2D eigenvalue weighted by atomic mass is 16.5. The summed E-state index contributed by atoms with van der Waals surface area (Å²) in [4.78, 5) is 38.6. The van der Waals surface area contributed by atoms with Gasteiger partial charge in [-0.2, -0.15) is 0 Å². The predicted molar refractivity (Wildman–Crippen MR) is 105 cm³/mol. The maximum Gasteiger partial charge on any atom is 0.335 e. The number of nitrogens with one attached hydrogen (secondary N) is 1. The van der Waals surface area contributed by atoms with E-state index in [4.69, 9.17) is 4.74 Å². The number of aromatic nitrogens is 1. The number of barbiturate groups is 1. The van der Waals surface area contributed by atoms with Crippen LogP contribution in [0.2, 0.25) is 0 Å². The van der Waals surface area contributed by atoms with E-state index in [0.717, 1.165) is 15.8 Å². The Morgan fingerprint density at radius 3 is 2.54 bits per heavy atom. The Kier molecular flexibility index (Phi) is 4.19. The van der Waals surface area contributed by atoms with Crippen LogP contribution in [0, 0.1) is 0 Å². The Bertz CT molecular complexity index is 1160. The molecule has 0 radical (unpaired) electrons. The first-order valence-electron chi connectivity index (χ1n) is 8.59. The van der Waals surface area contributed by atoms with Gasteiger partial charge in [-0.1, -0.05) is 24.3 Å². The molecule has 2 aromatic carbocycles. The normalized spacial score (nSPS) is 16.0. The molecule has 7 nitrogen and oxygen atoms in total. The zero-order valence-corrected chi connectivity index (χ0v) is 15.3. The summed E-state index contributed by atoms with van der Waals surface area (Å²) in [5, 5.41) is 3.22. The number of aryl methyl sites for hydroxylation is 1. The number of anilines is 1. The summed E-state index contributed by atoms with van der Waals surface area (Å²) in [5.74, 6) is -0.916. The molecule has 2 heterocycles. The molecule has 4 rings (SSSR count). The van der Waals surface area contributed by atoms with Gasteiger partial charge in [-0.15, -0.1) is 0 Å². The van der Waals surface area contributed by atoms with Crippen LogP contribution in [0.15, 0.2) is 60.2 Å². The number of amides is 4. The molecule has 1 aromatic heterocycles. The first kappa shape index (κ1) is 17.5. The van der Waals surface area contributed by atoms with Crippen molar-refractivity contribution in [3.63, 3.8) is 0 Å². The molecule has 140 valence electrons. The average molecular weight is 375 g/mol. The molecule has 0 aliphatic carbocycles. The van der Waals surface area contributed by atoms with E-state index >= 15 is 0 Å². The molecule has 28 heavy (non-hydrogen) atoms. The monoisotopic (exact) mass is 375 g/mol. The van der Waals surface area contributed by atoms with Crippen LogP contribution in [0.25, 0.3) is 17.0 Å². The van der Waals surface area contributed by atoms with Gasteiger partial charge < -0.3 is 9.30 Å². The molecule has 7 heteroatoms. The fraction of sp³-hybridized carbons (Fsp3) is 0.0952. The Morgan fingerprint density at radius 2 is 1.79 bits per heavy atom. The fourth-order valence-corrected chi connectivity index (χ4v) is 3.24. The topological polar surface area (TPSA) is 80.6 Å². The van der Waals surface area contributed by atoms with Crippen LogP contribution in [0.5, 0.6) is 5.75 Å². The standard InChI is InChI=1S/C21H17N3O4/c1-23-15(10-13-6-3-4-9-18(13)23)12-17-19(25)22-21(27)24(20(17)26)14-7-5-8-16(11-14)28-2/h3-12H,1-2H3,(H,22,25,27). The van der Waals surface area contributed by atoms with E-state index < -0.39 is 17.8 Å². The summed E-state index contributed by atoms with van der Waals surface area (Å²) in [7, 11) is 3.34. The summed E-state index contributed by atoms with van der Waals surface area (Å²) < 4.78 is 7.04. The smallest absolute Gasteiger partial charge is 0.335 e. The second-order valence-electron chi connectivity index (χ2n) is 6.35. The number of hydrogen-bond acceptors (Lipinski definition) is 4. The van der Waals surface area contributed by atoms with Crippen molar-refractivity contribution in [2.45, 2.75) is 0 Å². The van der Waals surface area contributed by atoms with Gasteiger partial charge in [-0.3, -0.25) is 14.9 Å². The van der Waals surface area contributed by atoms with E-state index in [0.29, 0.717) is 17.1 Å². The van der Waals surface area contributed by atoms with Gasteiger partial charge >= 0.3 is 6.03 Å². The quantitative estimate of drug-likeness (QED) is 0.564. The number of ether oxygens (including phenoxy) is 1. The highest BCUT2D eigenvalue weighted by Crippen LogP contribution is 2.26. The zero-order chi connectivity index (χ0) is 19.8. The SMILES string of the molecule is COc1cccc(N2C(=O)NC(=O)C(=Cc3cc4ccccc4n3C)C2=O)c1. The molecule has 1 saturated heterocycles. The molecule has 4 amide bonds. The molecule has 1 aliphatic rings. The number of fused-ring (bicyclic) bond motifs is 1. The molecular weight excluding hydrogens is 358 g/mol. The van der Waals surface area contributed by atoms with Crippen molar-refractivity contribution in [2.24, 2.45) is 7.05 Å². The minimum absolute atomic E-state index is 0.117. The lowest BCUT2D eigenvalue weighted by atomic mass is 10.1. The molecule has 3 aromatic rings. The summed E-state index contributed by atoms with van der Waals surface area (Å²) in [6, 6.07) is 15.4. The third kappa shape index (κ3) is 2.83. The largest absolute Gasteiger partial charge is 0.497 e. The summed E-state index contributed by atoms with van der Waals surface area (Å²) >= 11 is 0. The Hall–Kier alpha value is -3.87. The number of urea groups is 1. The number of rotatable bonds is 3. The molecule has 0 spiro atoms. The van der Waals surface area contributed by atoms with Crippen molar-refractivity contribution in [2.75, 3.05) is 12.0 Å². The highest BCUT2D eigenvalue weighted by Gasteiger charge is 2.37. The molecule has 0 bridgehead atoms. The number of carbonyl (C=O) groups excluding carboxylic acids is 3. The molecule has 0 atom stereocenters. The van der Waals surface area contributed by atoms with Crippen LogP contribution in [0.4, 0.5) is 10.5 Å². The molecule has 1 N–H and O–H groups in total. The maximum atomic E-state index is 13.0. The molecule has 0 unspecified atom stereocenters. The van der Waals surface area contributed by atoms with Crippen molar-refractivity contribution < 1.29 is 19.1 Å². The van der Waals surface area contributed by atoms with Crippen molar-refractivity contribution in [1.82, 2.24) is 9.88 Å². The molecular formula is C21H17N3O4. The molecule has 1 fully saturated rings. The van der Waals surface area contributed by atoms with Crippen molar-refractivity contribution in [3.05, 3.63) is 65.9 Å². The zero-order valence-electron chi connectivity index (χ0n) is 15.3. The number of para-hydroxylation sites is 1. The van der Waals surface area contributed by atoms with Crippen molar-refractivity contribution in [3.8, 4) is 5.75 Å². The fourth-order valence-electron chi connectivity index (χ4n) is 3.24. The van der Waals surface area contributed by atoms with Crippen LogP contribution in [-0.4, -0.2) is 29.5 Å². The number of nitrogens with zero attached hydrogens (tertiary/aromatic N) is 2. The highest BCUT2D eigenvalue weighted by molar-refractivity contribution is 6.39.